The monoisotopic (exact) mass is 350 g/mol. The minimum Gasteiger partial charge on any atom is -0.396 e. The lowest BCUT2D eigenvalue weighted by atomic mass is 9.78. The van der Waals surface area contributed by atoms with Gasteiger partial charge in [0.1, 0.15) is 5.69 Å². The summed E-state index contributed by atoms with van der Waals surface area (Å²) in [5, 5.41) is 9.28. The Morgan fingerprint density at radius 3 is 2.92 bits per heavy atom. The highest BCUT2D eigenvalue weighted by atomic mass is 32.1. The molecule has 134 valence electrons. The molecule has 1 saturated heterocycles. The first kappa shape index (κ1) is 17.9. The molecule has 1 saturated carbocycles. The van der Waals surface area contributed by atoms with Crippen LogP contribution >= 0.6 is 11.5 Å². The summed E-state index contributed by atoms with van der Waals surface area (Å²) in [6.07, 6.45) is 10.3. The maximum absolute atomic E-state index is 13.0. The van der Waals surface area contributed by atoms with E-state index in [0.717, 1.165) is 43.5 Å². The van der Waals surface area contributed by atoms with Crippen LogP contribution in [0.1, 0.15) is 86.0 Å². The second kappa shape index (κ2) is 8.43. The fraction of sp³-hybridized carbons (Fsp3) is 0.789. The van der Waals surface area contributed by atoms with Crippen molar-refractivity contribution in [3.8, 4) is 0 Å². The van der Waals surface area contributed by atoms with Crippen LogP contribution < -0.4 is 0 Å². The number of aliphatic hydroxyl groups excluding tert-OH is 1. The molecule has 1 N–H and O–H groups in total. The van der Waals surface area contributed by atoms with E-state index in [1.807, 2.05) is 6.07 Å². The molecule has 3 rings (SSSR count). The third kappa shape index (κ3) is 3.83. The quantitative estimate of drug-likeness (QED) is 0.836. The first-order valence-electron chi connectivity index (χ1n) is 9.63. The molecule has 1 aromatic rings. The van der Waals surface area contributed by atoms with Crippen LogP contribution in [0.15, 0.2) is 6.07 Å². The van der Waals surface area contributed by atoms with Crippen LogP contribution in [-0.2, 0) is 0 Å². The van der Waals surface area contributed by atoms with Crippen molar-refractivity contribution in [3.63, 3.8) is 0 Å². The number of hydrogen-bond donors (Lipinski definition) is 1. The number of aromatic nitrogens is 1. The van der Waals surface area contributed by atoms with Crippen LogP contribution in [-0.4, -0.2) is 39.5 Å². The number of hydrogen-bond acceptors (Lipinski definition) is 4. The molecule has 1 aliphatic heterocycles. The maximum atomic E-state index is 13.0. The van der Waals surface area contributed by atoms with Gasteiger partial charge in [0.15, 0.2) is 0 Å². The van der Waals surface area contributed by atoms with Crippen molar-refractivity contribution in [2.75, 3.05) is 13.2 Å². The maximum Gasteiger partial charge on any atom is 0.273 e. The van der Waals surface area contributed by atoms with E-state index in [2.05, 4.69) is 16.2 Å². The van der Waals surface area contributed by atoms with Gasteiger partial charge in [-0.2, -0.15) is 4.37 Å². The van der Waals surface area contributed by atoms with Crippen molar-refractivity contribution in [2.45, 2.75) is 76.7 Å². The summed E-state index contributed by atoms with van der Waals surface area (Å²) in [6, 6.07) is 2.43. The number of carbonyl (C=O) groups is 1. The molecular formula is C19H30N2O2S. The van der Waals surface area contributed by atoms with Gasteiger partial charge < -0.3 is 10.0 Å². The van der Waals surface area contributed by atoms with E-state index in [4.69, 9.17) is 0 Å². The predicted molar refractivity (Wildman–Crippen MR) is 97.5 cm³/mol. The molecule has 0 radical (unpaired) electrons. The van der Waals surface area contributed by atoms with E-state index >= 15 is 0 Å². The molecular weight excluding hydrogens is 320 g/mol. The largest absolute Gasteiger partial charge is 0.396 e. The molecule has 1 aromatic heterocycles. The number of aliphatic hydroxyl groups is 1. The van der Waals surface area contributed by atoms with Crippen LogP contribution in [0.3, 0.4) is 0 Å². The first-order valence-corrected chi connectivity index (χ1v) is 10.4. The van der Waals surface area contributed by atoms with Crippen LogP contribution in [0.5, 0.6) is 0 Å². The molecule has 3 unspecified atom stereocenters. The standard InChI is InChI=1S/C19H30N2O2S/c1-2-6-15(10-12-22)18-13-16(20-24-18)19(23)21-11-5-8-14-7-3-4-9-17(14)21/h13-15,17,22H,2-12H2,1H3. The van der Waals surface area contributed by atoms with Gasteiger partial charge in [0, 0.05) is 24.1 Å². The molecule has 5 heteroatoms. The Morgan fingerprint density at radius 1 is 1.33 bits per heavy atom. The third-order valence-electron chi connectivity index (χ3n) is 5.77. The highest BCUT2D eigenvalue weighted by Gasteiger charge is 2.36. The van der Waals surface area contributed by atoms with Gasteiger partial charge in [-0.1, -0.05) is 26.2 Å². The zero-order valence-corrected chi connectivity index (χ0v) is 15.6. The van der Waals surface area contributed by atoms with Gasteiger partial charge in [-0.3, -0.25) is 4.79 Å². The average Bonchev–Trinajstić information content (AvgIpc) is 3.10. The number of nitrogens with zero attached hydrogens (tertiary/aromatic N) is 2. The summed E-state index contributed by atoms with van der Waals surface area (Å²) in [5.41, 5.74) is 0.625. The van der Waals surface area contributed by atoms with Crippen molar-refractivity contribution in [1.29, 1.82) is 0 Å². The number of fused-ring (bicyclic) bond motifs is 1. The highest BCUT2D eigenvalue weighted by Crippen LogP contribution is 2.36. The average molecular weight is 351 g/mol. The van der Waals surface area contributed by atoms with Crippen LogP contribution in [0, 0.1) is 5.92 Å². The van der Waals surface area contributed by atoms with E-state index in [0.29, 0.717) is 23.6 Å². The Balaban J connectivity index is 1.72. The van der Waals surface area contributed by atoms with E-state index in [1.54, 1.807) is 0 Å². The van der Waals surface area contributed by atoms with Gasteiger partial charge in [0.05, 0.1) is 0 Å². The zero-order valence-electron chi connectivity index (χ0n) is 14.7. The van der Waals surface area contributed by atoms with Crippen molar-refractivity contribution < 1.29 is 9.90 Å². The minimum absolute atomic E-state index is 0.133. The fourth-order valence-corrected chi connectivity index (χ4v) is 5.42. The van der Waals surface area contributed by atoms with Gasteiger partial charge >= 0.3 is 0 Å². The number of piperidine rings is 1. The Kier molecular flexibility index (Phi) is 6.28. The zero-order chi connectivity index (χ0) is 16.9. The molecule has 3 atom stereocenters. The number of carbonyl (C=O) groups excluding carboxylic acids is 1. The van der Waals surface area contributed by atoms with Crippen LogP contribution in [0.25, 0.3) is 0 Å². The molecule has 1 aliphatic carbocycles. The van der Waals surface area contributed by atoms with E-state index in [-0.39, 0.29) is 12.5 Å². The molecule has 4 nitrogen and oxygen atoms in total. The lowest BCUT2D eigenvalue weighted by Crippen LogP contribution is -2.49. The first-order chi connectivity index (χ1) is 11.7. The Hall–Kier alpha value is -0.940. The van der Waals surface area contributed by atoms with Crippen molar-refractivity contribution >= 4 is 17.4 Å². The molecule has 2 aliphatic rings. The van der Waals surface area contributed by atoms with Gasteiger partial charge in [0.25, 0.3) is 5.91 Å². The molecule has 0 bridgehead atoms. The summed E-state index contributed by atoms with van der Waals surface area (Å²) in [5.74, 6) is 1.17. The second-order valence-electron chi connectivity index (χ2n) is 7.37. The summed E-state index contributed by atoms with van der Waals surface area (Å²) < 4.78 is 4.48. The molecule has 24 heavy (non-hydrogen) atoms. The van der Waals surface area contributed by atoms with E-state index in [9.17, 15) is 9.90 Å². The summed E-state index contributed by atoms with van der Waals surface area (Å²) in [7, 11) is 0. The Bertz CT molecular complexity index is 537. The molecule has 0 aromatic carbocycles. The molecule has 0 spiro atoms. The van der Waals surface area contributed by atoms with Crippen LogP contribution in [0.4, 0.5) is 0 Å². The van der Waals surface area contributed by atoms with Gasteiger partial charge in [-0.25, -0.2) is 0 Å². The van der Waals surface area contributed by atoms with E-state index < -0.39 is 0 Å². The van der Waals surface area contributed by atoms with Gasteiger partial charge in [-0.05, 0) is 68.0 Å². The summed E-state index contributed by atoms with van der Waals surface area (Å²) >= 11 is 1.45. The fourth-order valence-electron chi connectivity index (χ4n) is 4.54. The SMILES string of the molecule is CCCC(CCO)c1cc(C(=O)N2CCCC3CCCCC32)ns1. The van der Waals surface area contributed by atoms with Gasteiger partial charge in [0.2, 0.25) is 0 Å². The van der Waals surface area contributed by atoms with Crippen molar-refractivity contribution in [1.82, 2.24) is 9.27 Å². The lowest BCUT2D eigenvalue weighted by Gasteiger charge is -2.43. The van der Waals surface area contributed by atoms with Crippen LogP contribution in [0.2, 0.25) is 0 Å². The number of rotatable bonds is 6. The summed E-state index contributed by atoms with van der Waals surface area (Å²) in [6.45, 7) is 3.25. The van der Waals surface area contributed by atoms with Gasteiger partial charge in [-0.15, -0.1) is 0 Å². The summed E-state index contributed by atoms with van der Waals surface area (Å²) in [4.78, 5) is 16.3. The Morgan fingerprint density at radius 2 is 2.12 bits per heavy atom. The lowest BCUT2D eigenvalue weighted by molar-refractivity contribution is 0.0386. The van der Waals surface area contributed by atoms with Crippen molar-refractivity contribution in [3.05, 3.63) is 16.6 Å². The number of amides is 1. The van der Waals surface area contributed by atoms with E-state index in [1.165, 1.54) is 37.2 Å². The predicted octanol–water partition coefficient (Wildman–Crippen LogP) is 4.20. The minimum atomic E-state index is 0.133. The Labute approximate surface area is 149 Å². The highest BCUT2D eigenvalue weighted by molar-refractivity contribution is 7.06. The second-order valence-corrected chi connectivity index (χ2v) is 8.20. The molecule has 2 fully saturated rings. The third-order valence-corrected chi connectivity index (χ3v) is 6.72. The smallest absolute Gasteiger partial charge is 0.273 e. The number of likely N-dealkylation sites (tertiary alicyclic amines) is 1. The molecule has 1 amide bonds. The molecule has 2 heterocycles. The normalized spacial score (nSPS) is 25.3. The van der Waals surface area contributed by atoms with Crippen molar-refractivity contribution in [2.24, 2.45) is 5.92 Å². The topological polar surface area (TPSA) is 53.4 Å².